The van der Waals surface area contributed by atoms with Crippen LogP contribution in [0.3, 0.4) is 0 Å². The fourth-order valence-corrected chi connectivity index (χ4v) is 2.21. The minimum atomic E-state index is -4.79. The topological polar surface area (TPSA) is 61.5 Å². The maximum absolute atomic E-state index is 12.1. The second-order valence-corrected chi connectivity index (χ2v) is 4.51. The Morgan fingerprint density at radius 2 is 1.64 bits per heavy atom. The SMILES string of the molecule is CCOP(=O)(OCC)[C@H](N)C(F)(F)F. The van der Waals surface area contributed by atoms with Gasteiger partial charge >= 0.3 is 13.8 Å². The normalized spacial score (nSPS) is 15.6. The summed E-state index contributed by atoms with van der Waals surface area (Å²) in [6, 6.07) is 0. The zero-order valence-corrected chi connectivity index (χ0v) is 8.77. The first kappa shape index (κ1) is 13.9. The monoisotopic (exact) mass is 235 g/mol. The second-order valence-electron chi connectivity index (χ2n) is 2.36. The molecule has 0 saturated carbocycles. The number of alkyl halides is 3. The van der Waals surface area contributed by atoms with E-state index in [0.29, 0.717) is 0 Å². The predicted molar refractivity (Wildman–Crippen MR) is 44.9 cm³/mol. The molecule has 0 heterocycles. The van der Waals surface area contributed by atoms with Gasteiger partial charge in [-0.15, -0.1) is 0 Å². The third kappa shape index (κ3) is 3.57. The smallest absolute Gasteiger partial charge is 0.310 e. The number of hydrogen-bond donors (Lipinski definition) is 1. The minimum Gasteiger partial charge on any atom is -0.310 e. The Bertz CT molecular complexity index is 211. The lowest BCUT2D eigenvalue weighted by molar-refractivity contribution is -0.134. The van der Waals surface area contributed by atoms with Gasteiger partial charge in [-0.3, -0.25) is 4.57 Å². The first-order valence-corrected chi connectivity index (χ1v) is 5.60. The molecular formula is C6H13F3NO3P. The quantitative estimate of drug-likeness (QED) is 0.741. The highest BCUT2D eigenvalue weighted by Gasteiger charge is 2.51. The van der Waals surface area contributed by atoms with Gasteiger partial charge in [0.25, 0.3) is 0 Å². The molecule has 2 N–H and O–H groups in total. The van der Waals surface area contributed by atoms with E-state index in [1.807, 2.05) is 0 Å². The molecule has 0 rings (SSSR count). The zero-order valence-electron chi connectivity index (χ0n) is 7.87. The highest BCUT2D eigenvalue weighted by molar-refractivity contribution is 7.54. The van der Waals surface area contributed by atoms with E-state index in [2.05, 4.69) is 9.05 Å². The molecule has 0 amide bonds. The Kier molecular flexibility index (Phi) is 5.08. The van der Waals surface area contributed by atoms with E-state index in [-0.39, 0.29) is 13.2 Å². The molecule has 0 aromatic heterocycles. The summed E-state index contributed by atoms with van der Waals surface area (Å²) in [5.74, 6) is -2.59. The van der Waals surface area contributed by atoms with Crippen molar-refractivity contribution in [3.8, 4) is 0 Å². The zero-order chi connectivity index (χ0) is 11.4. The van der Waals surface area contributed by atoms with E-state index < -0.39 is 19.6 Å². The van der Waals surface area contributed by atoms with Crippen molar-refractivity contribution in [3.05, 3.63) is 0 Å². The molecular weight excluding hydrogens is 222 g/mol. The first-order valence-electron chi connectivity index (χ1n) is 3.99. The summed E-state index contributed by atoms with van der Waals surface area (Å²) < 4.78 is 56.8. The molecule has 4 nitrogen and oxygen atoms in total. The first-order chi connectivity index (χ1) is 6.28. The van der Waals surface area contributed by atoms with Gasteiger partial charge in [0, 0.05) is 0 Å². The fourth-order valence-electron chi connectivity index (χ4n) is 0.737. The van der Waals surface area contributed by atoms with Crippen molar-refractivity contribution in [2.45, 2.75) is 25.8 Å². The minimum absolute atomic E-state index is 0.152. The molecule has 0 saturated heterocycles. The molecule has 0 unspecified atom stereocenters. The second kappa shape index (κ2) is 5.11. The largest absolute Gasteiger partial charge is 0.415 e. The number of nitrogens with two attached hydrogens (primary N) is 1. The van der Waals surface area contributed by atoms with Gasteiger partial charge in [0.15, 0.2) is 0 Å². The Labute approximate surface area is 80.1 Å². The Hall–Kier alpha value is -0.100. The number of hydrogen-bond acceptors (Lipinski definition) is 4. The van der Waals surface area contributed by atoms with Crippen LogP contribution in [0.5, 0.6) is 0 Å². The van der Waals surface area contributed by atoms with Gasteiger partial charge in [-0.2, -0.15) is 13.2 Å². The maximum Gasteiger partial charge on any atom is 0.415 e. The summed E-state index contributed by atoms with van der Waals surface area (Å²) in [6.07, 6.45) is -4.79. The summed E-state index contributed by atoms with van der Waals surface area (Å²) in [5.41, 5.74) is 4.76. The highest BCUT2D eigenvalue weighted by atomic mass is 31.2. The van der Waals surface area contributed by atoms with Gasteiger partial charge in [-0.05, 0) is 13.8 Å². The van der Waals surface area contributed by atoms with Crippen LogP contribution in [0, 0.1) is 0 Å². The Morgan fingerprint density at radius 1 is 1.29 bits per heavy atom. The highest BCUT2D eigenvalue weighted by Crippen LogP contribution is 2.55. The lowest BCUT2D eigenvalue weighted by atomic mass is 10.7. The summed E-state index contributed by atoms with van der Waals surface area (Å²) in [5, 5.41) is 0. The van der Waals surface area contributed by atoms with Crippen molar-refractivity contribution in [2.24, 2.45) is 5.73 Å². The van der Waals surface area contributed by atoms with Gasteiger partial charge < -0.3 is 14.8 Å². The van der Waals surface area contributed by atoms with Crippen LogP contribution in [0.25, 0.3) is 0 Å². The molecule has 0 fully saturated rings. The van der Waals surface area contributed by atoms with Crippen LogP contribution in [-0.4, -0.2) is 25.2 Å². The van der Waals surface area contributed by atoms with E-state index in [1.165, 1.54) is 13.8 Å². The van der Waals surface area contributed by atoms with Gasteiger partial charge in [0.1, 0.15) is 0 Å². The van der Waals surface area contributed by atoms with E-state index in [9.17, 15) is 17.7 Å². The van der Waals surface area contributed by atoms with Crippen LogP contribution in [0.15, 0.2) is 0 Å². The Balaban J connectivity index is 4.73. The molecule has 14 heavy (non-hydrogen) atoms. The maximum atomic E-state index is 12.1. The molecule has 0 aliphatic carbocycles. The summed E-state index contributed by atoms with van der Waals surface area (Å²) in [7, 11) is -4.28. The van der Waals surface area contributed by atoms with Crippen LogP contribution in [0.4, 0.5) is 13.2 Å². The van der Waals surface area contributed by atoms with Crippen molar-refractivity contribution in [2.75, 3.05) is 13.2 Å². The van der Waals surface area contributed by atoms with Gasteiger partial charge in [-0.25, -0.2) is 0 Å². The van der Waals surface area contributed by atoms with Crippen LogP contribution < -0.4 is 5.73 Å². The summed E-state index contributed by atoms with van der Waals surface area (Å²) >= 11 is 0. The average Bonchev–Trinajstić information content (AvgIpc) is 2.02. The molecule has 86 valence electrons. The predicted octanol–water partition coefficient (Wildman–Crippen LogP) is 2.10. The van der Waals surface area contributed by atoms with Crippen molar-refractivity contribution in [1.29, 1.82) is 0 Å². The van der Waals surface area contributed by atoms with Gasteiger partial charge in [-0.1, -0.05) is 0 Å². The lowest BCUT2D eigenvalue weighted by Gasteiger charge is -2.24. The van der Waals surface area contributed by atoms with Crippen molar-refractivity contribution < 1.29 is 26.8 Å². The molecule has 1 atom stereocenters. The van der Waals surface area contributed by atoms with Gasteiger partial charge in [0.2, 0.25) is 5.78 Å². The third-order valence-electron chi connectivity index (χ3n) is 1.29. The van der Waals surface area contributed by atoms with Crippen LogP contribution in [0.2, 0.25) is 0 Å². The average molecular weight is 235 g/mol. The molecule has 0 aromatic carbocycles. The van der Waals surface area contributed by atoms with Crippen molar-refractivity contribution in [3.63, 3.8) is 0 Å². The van der Waals surface area contributed by atoms with Crippen molar-refractivity contribution in [1.82, 2.24) is 0 Å². The molecule has 0 spiro atoms. The molecule has 0 aromatic rings. The van der Waals surface area contributed by atoms with Crippen molar-refractivity contribution >= 4 is 7.60 Å². The van der Waals surface area contributed by atoms with E-state index >= 15 is 0 Å². The molecule has 0 aliphatic rings. The van der Waals surface area contributed by atoms with Gasteiger partial charge in [0.05, 0.1) is 13.2 Å². The third-order valence-corrected chi connectivity index (χ3v) is 3.50. The van der Waals surface area contributed by atoms with Crippen LogP contribution >= 0.6 is 7.60 Å². The number of halogens is 3. The molecule has 0 aliphatic heterocycles. The van der Waals surface area contributed by atoms with Crippen LogP contribution in [0.1, 0.15) is 13.8 Å². The Morgan fingerprint density at radius 3 is 1.86 bits per heavy atom. The van der Waals surface area contributed by atoms with E-state index in [0.717, 1.165) is 0 Å². The van der Waals surface area contributed by atoms with Crippen LogP contribution in [-0.2, 0) is 13.6 Å². The molecule has 0 bridgehead atoms. The lowest BCUT2D eigenvalue weighted by Crippen LogP contribution is -2.38. The summed E-state index contributed by atoms with van der Waals surface area (Å²) in [6.45, 7) is 2.52. The van der Waals surface area contributed by atoms with E-state index in [1.54, 1.807) is 0 Å². The van der Waals surface area contributed by atoms with E-state index in [4.69, 9.17) is 5.73 Å². The standard InChI is InChI=1S/C6H13F3NO3P/c1-3-12-14(11,13-4-2)5(10)6(7,8)9/h5H,3-4,10H2,1-2H3/t5-/m0/s1. The molecule has 0 radical (unpaired) electrons. The number of rotatable bonds is 5. The fraction of sp³-hybridized carbons (Fsp3) is 1.00. The molecule has 8 heteroatoms. The summed E-state index contributed by atoms with van der Waals surface area (Å²) in [4.78, 5) is 0.